The minimum Gasteiger partial charge on any atom is -0.472 e. The third-order valence-corrected chi connectivity index (χ3v) is 13.6. The van der Waals surface area contributed by atoms with Gasteiger partial charge in [-0.1, -0.05) is 13.8 Å². The van der Waals surface area contributed by atoms with E-state index in [4.69, 9.17) is 47.0 Å². The number of carbonyl (C=O) groups excluding carboxylic acids is 6. The number of methoxy groups -OCH3 is 1. The molecule has 16 nitrogen and oxygen atoms in total. The van der Waals surface area contributed by atoms with Crippen molar-refractivity contribution in [2.45, 2.75) is 127 Å². The van der Waals surface area contributed by atoms with Gasteiger partial charge in [0, 0.05) is 69.9 Å². The van der Waals surface area contributed by atoms with E-state index in [1.165, 1.54) is 53.4 Å². The number of hydrogen-bond acceptors (Lipinski definition) is 16. The summed E-state index contributed by atoms with van der Waals surface area (Å²) >= 11 is 0. The molecule has 13 atom stereocenters. The van der Waals surface area contributed by atoms with Crippen molar-refractivity contribution in [2.24, 2.45) is 22.2 Å². The largest absolute Gasteiger partial charge is 0.472 e. The highest BCUT2D eigenvalue weighted by Crippen LogP contribution is 2.90. The molecule has 2 spiro atoms. The average molecular weight is 743 g/mol. The van der Waals surface area contributed by atoms with Crippen LogP contribution in [0.25, 0.3) is 0 Å². The lowest BCUT2D eigenvalue weighted by atomic mass is 9.34. The molecule has 0 N–H and O–H groups in total. The molecule has 8 rings (SSSR count). The Morgan fingerprint density at radius 1 is 0.849 bits per heavy atom. The number of furan rings is 1. The Morgan fingerprint density at radius 3 is 2.08 bits per heavy atom. The van der Waals surface area contributed by atoms with E-state index in [1.807, 2.05) is 6.92 Å². The Hall–Kier alpha value is -4.28. The van der Waals surface area contributed by atoms with Crippen LogP contribution in [0.5, 0.6) is 0 Å². The molecule has 0 radical (unpaired) electrons. The van der Waals surface area contributed by atoms with Crippen molar-refractivity contribution >= 4 is 35.8 Å². The third kappa shape index (κ3) is 3.77. The molecule has 4 saturated carbocycles. The Bertz CT molecular complexity index is 1900. The first-order valence-corrected chi connectivity index (χ1v) is 17.5. The van der Waals surface area contributed by atoms with Gasteiger partial charge >= 0.3 is 35.8 Å². The van der Waals surface area contributed by atoms with Gasteiger partial charge in [0.25, 0.3) is 5.97 Å². The monoisotopic (exact) mass is 742 g/mol. The van der Waals surface area contributed by atoms with E-state index >= 15 is 0 Å². The summed E-state index contributed by atoms with van der Waals surface area (Å²) in [5.74, 6) is -7.36. The molecule has 0 amide bonds. The minimum absolute atomic E-state index is 0.00444. The van der Waals surface area contributed by atoms with Gasteiger partial charge in [-0.2, -0.15) is 0 Å². The second kappa shape index (κ2) is 10.5. The predicted molar refractivity (Wildman–Crippen MR) is 170 cm³/mol. The Morgan fingerprint density at radius 2 is 1.49 bits per heavy atom. The summed E-state index contributed by atoms with van der Waals surface area (Å²) in [7, 11) is 1.24. The molecule has 4 bridgehead atoms. The molecule has 1 aromatic rings. The number of cyclic esters (lactones) is 1. The summed E-state index contributed by atoms with van der Waals surface area (Å²) < 4.78 is 63.2. The molecule has 6 fully saturated rings. The van der Waals surface area contributed by atoms with Gasteiger partial charge in [0.2, 0.25) is 5.60 Å². The van der Waals surface area contributed by atoms with Crippen molar-refractivity contribution in [2.75, 3.05) is 7.11 Å². The van der Waals surface area contributed by atoms with Gasteiger partial charge in [0.1, 0.15) is 23.4 Å². The van der Waals surface area contributed by atoms with E-state index in [1.54, 1.807) is 19.9 Å². The molecular formula is C37H42O16. The van der Waals surface area contributed by atoms with Gasteiger partial charge in [0.05, 0.1) is 25.1 Å². The molecule has 53 heavy (non-hydrogen) atoms. The van der Waals surface area contributed by atoms with Crippen LogP contribution >= 0.6 is 0 Å². The van der Waals surface area contributed by atoms with Gasteiger partial charge in [-0.3, -0.25) is 24.0 Å². The average Bonchev–Trinajstić information content (AvgIpc) is 3.74. The second-order valence-electron chi connectivity index (χ2n) is 16.2. The molecule has 16 heteroatoms. The summed E-state index contributed by atoms with van der Waals surface area (Å²) in [5.41, 5.74) is -11.6. The maximum absolute atomic E-state index is 13.9. The van der Waals surface area contributed by atoms with Crippen molar-refractivity contribution in [1.82, 2.24) is 0 Å². The van der Waals surface area contributed by atoms with Crippen LogP contribution in [-0.4, -0.2) is 89.6 Å². The molecule has 3 aliphatic heterocycles. The van der Waals surface area contributed by atoms with Crippen LogP contribution in [0.1, 0.15) is 86.3 Å². The fourth-order valence-corrected chi connectivity index (χ4v) is 12.6. The zero-order valence-electron chi connectivity index (χ0n) is 30.8. The molecule has 4 heterocycles. The summed E-state index contributed by atoms with van der Waals surface area (Å²) in [6, 6.07) is 1.60. The lowest BCUT2D eigenvalue weighted by Crippen LogP contribution is -2.94. The maximum Gasteiger partial charge on any atom is 0.331 e. The topological polar surface area (TPSA) is 199 Å². The predicted octanol–water partition coefficient (Wildman–Crippen LogP) is 2.90. The Labute approximate surface area is 304 Å². The van der Waals surface area contributed by atoms with Crippen LogP contribution in [0.15, 0.2) is 34.7 Å². The molecule has 4 aliphatic carbocycles. The SMILES string of the molecule is COC(=O)C[C@H]1[C@@]2(C)C[C@]34OC5(C)O[C@@]6(C[C@H](OC(C)=O)[C@]7(C)C(=CC(=O)O[C@H]7c7ccoc7)[C@@]6(O5)[C@H](OC(C)=O)[C@@]3(OC(C)=O)[C@H]2OC(C)=O)[C@]14C. The van der Waals surface area contributed by atoms with Crippen LogP contribution in [0.4, 0.5) is 0 Å². The van der Waals surface area contributed by atoms with E-state index in [9.17, 15) is 28.8 Å². The van der Waals surface area contributed by atoms with E-state index in [0.717, 1.165) is 6.92 Å². The van der Waals surface area contributed by atoms with Crippen molar-refractivity contribution in [3.8, 4) is 0 Å². The lowest BCUT2D eigenvalue weighted by molar-refractivity contribution is -0.476. The summed E-state index contributed by atoms with van der Waals surface area (Å²) in [4.78, 5) is 80.7. The van der Waals surface area contributed by atoms with Crippen LogP contribution in [0, 0.1) is 22.2 Å². The van der Waals surface area contributed by atoms with E-state index in [-0.39, 0.29) is 24.8 Å². The quantitative estimate of drug-likeness (QED) is 0.292. The minimum atomic E-state index is -2.18. The van der Waals surface area contributed by atoms with Crippen molar-refractivity contribution < 1.29 is 75.8 Å². The van der Waals surface area contributed by atoms with Crippen LogP contribution in [0.3, 0.4) is 0 Å². The number of ether oxygens (including phenoxy) is 9. The highest BCUT2D eigenvalue weighted by atomic mass is 16.9. The number of fused-ring (bicyclic) bond motifs is 3. The van der Waals surface area contributed by atoms with Gasteiger partial charge in [-0.05, 0) is 30.9 Å². The van der Waals surface area contributed by atoms with Crippen molar-refractivity contribution in [3.05, 3.63) is 35.8 Å². The Balaban J connectivity index is 1.55. The van der Waals surface area contributed by atoms with E-state index in [2.05, 4.69) is 0 Å². The molecule has 0 aromatic carbocycles. The zero-order valence-corrected chi connectivity index (χ0v) is 30.8. The third-order valence-electron chi connectivity index (χ3n) is 13.6. The van der Waals surface area contributed by atoms with Crippen LogP contribution in [0.2, 0.25) is 0 Å². The highest BCUT2D eigenvalue weighted by Gasteiger charge is 3.05. The molecular weight excluding hydrogens is 700 g/mol. The fraction of sp³-hybridized carbons (Fsp3) is 0.676. The number of hydrogen-bond donors (Lipinski definition) is 0. The van der Waals surface area contributed by atoms with Gasteiger partial charge in [-0.25, -0.2) is 4.79 Å². The van der Waals surface area contributed by atoms with Crippen LogP contribution < -0.4 is 0 Å². The van der Waals surface area contributed by atoms with E-state index < -0.39 is 111 Å². The summed E-state index contributed by atoms with van der Waals surface area (Å²) in [6.07, 6.45) is -1.91. The highest BCUT2D eigenvalue weighted by molar-refractivity contribution is 5.86. The zero-order chi connectivity index (χ0) is 38.5. The van der Waals surface area contributed by atoms with E-state index in [0.29, 0.717) is 5.56 Å². The molecule has 286 valence electrons. The first kappa shape index (κ1) is 35.7. The normalized spacial score (nSPS) is 47.8. The fourth-order valence-electron chi connectivity index (χ4n) is 12.6. The van der Waals surface area contributed by atoms with Gasteiger partial charge in [0.15, 0.2) is 17.8 Å². The summed E-state index contributed by atoms with van der Waals surface area (Å²) in [5, 5.41) is 0. The van der Waals surface area contributed by atoms with Gasteiger partial charge in [-0.15, -0.1) is 0 Å². The summed E-state index contributed by atoms with van der Waals surface area (Å²) in [6.45, 7) is 11.6. The second-order valence-corrected chi connectivity index (χ2v) is 16.2. The lowest BCUT2D eigenvalue weighted by Gasteiger charge is -2.76. The number of carbonyl (C=O) groups is 6. The first-order valence-electron chi connectivity index (χ1n) is 17.5. The van der Waals surface area contributed by atoms with Crippen molar-refractivity contribution in [3.63, 3.8) is 0 Å². The molecule has 7 aliphatic rings. The van der Waals surface area contributed by atoms with Gasteiger partial charge < -0.3 is 47.0 Å². The smallest absolute Gasteiger partial charge is 0.331 e. The van der Waals surface area contributed by atoms with Crippen molar-refractivity contribution in [1.29, 1.82) is 0 Å². The maximum atomic E-state index is 13.9. The molecule has 1 unspecified atom stereocenters. The first-order chi connectivity index (χ1) is 24.7. The Kier molecular flexibility index (Phi) is 7.06. The molecule has 2 saturated heterocycles. The number of esters is 6. The molecule has 1 aromatic heterocycles. The number of rotatable bonds is 7. The van der Waals surface area contributed by atoms with Crippen LogP contribution in [-0.2, 0) is 71.4 Å². The standard InChI is InChI=1S/C37H42O16/c1-17(38)46-24-14-34-32(7)22(12-25(42)44-9)30(5)16-35(32)37(50-20(4)41,28(30)47-18(2)39)29(48-19(3)40)36(34,53-33(8,51-34)52-35)23-13-26(43)49-27(31(23,24)6)21-10-11-45-15-21/h10-11,13,15,22,24,27-29H,12,14,16H2,1-9H3/t22-,24-,27-,28-,29-,30+,31-,32-,33?,34-,35+,36+,37-/m0/s1.